The lowest BCUT2D eigenvalue weighted by atomic mass is 9.33. The van der Waals surface area contributed by atoms with Gasteiger partial charge in [-0.25, -0.2) is 4.79 Å². The van der Waals surface area contributed by atoms with Gasteiger partial charge in [0.2, 0.25) is 0 Å². The van der Waals surface area contributed by atoms with Crippen LogP contribution in [0.4, 0.5) is 0 Å². The average molecular weight is 927 g/mol. The van der Waals surface area contributed by atoms with Gasteiger partial charge in [-0.15, -0.1) is 0 Å². The van der Waals surface area contributed by atoms with Crippen LogP contribution in [-0.2, 0) is 38.0 Å². The highest BCUT2D eigenvalue weighted by Crippen LogP contribution is 2.76. The number of allylic oxidation sites excluding steroid dienone is 2. The van der Waals surface area contributed by atoms with Crippen molar-refractivity contribution in [2.75, 3.05) is 20.3 Å². The molecule has 0 bridgehead atoms. The van der Waals surface area contributed by atoms with Crippen molar-refractivity contribution in [3.8, 4) is 0 Å². The molecule has 9 N–H and O–H groups in total. The van der Waals surface area contributed by atoms with Gasteiger partial charge in [0.1, 0.15) is 54.9 Å². The number of ether oxygens (including phenoxy) is 7. The summed E-state index contributed by atoms with van der Waals surface area (Å²) in [5.74, 6) is -0.367. The molecule has 0 aromatic carbocycles. The molecule has 17 heteroatoms. The molecule has 0 amide bonds. The van der Waals surface area contributed by atoms with Gasteiger partial charge < -0.3 is 79.1 Å². The van der Waals surface area contributed by atoms with E-state index in [0.29, 0.717) is 12.3 Å². The highest BCUT2D eigenvalue weighted by atomic mass is 16.8. The van der Waals surface area contributed by atoms with Crippen LogP contribution in [0.3, 0.4) is 0 Å². The van der Waals surface area contributed by atoms with Crippen molar-refractivity contribution >= 4 is 5.97 Å². The molecule has 4 saturated carbocycles. The van der Waals surface area contributed by atoms with Crippen LogP contribution < -0.4 is 0 Å². The second kappa shape index (κ2) is 17.5. The summed E-state index contributed by atoms with van der Waals surface area (Å²) in [7, 11) is 1.11. The average Bonchev–Trinajstić information content (AvgIpc) is 3.24. The Labute approximate surface area is 382 Å². The summed E-state index contributed by atoms with van der Waals surface area (Å²) in [5.41, 5.74) is 0.451. The summed E-state index contributed by atoms with van der Waals surface area (Å²) in [6, 6.07) is 0. The minimum Gasteiger partial charge on any atom is -0.467 e. The first-order valence-corrected chi connectivity index (χ1v) is 24.0. The van der Waals surface area contributed by atoms with E-state index in [1.165, 1.54) is 12.5 Å². The van der Waals surface area contributed by atoms with Gasteiger partial charge in [-0.05, 0) is 110 Å². The first-order valence-electron chi connectivity index (χ1n) is 24.0. The third kappa shape index (κ3) is 7.90. The molecule has 17 nitrogen and oxygen atoms in total. The summed E-state index contributed by atoms with van der Waals surface area (Å²) in [6.45, 7) is 17.4. The highest BCUT2D eigenvalue weighted by Gasteiger charge is 2.70. The molecule has 0 aromatic heterocycles. The summed E-state index contributed by atoms with van der Waals surface area (Å²) in [4.78, 5) is 12.9. The van der Waals surface area contributed by atoms with Gasteiger partial charge in [0.05, 0.1) is 32.0 Å². The maximum Gasteiger partial charge on any atom is 0.337 e. The van der Waals surface area contributed by atoms with Crippen LogP contribution >= 0.6 is 0 Å². The van der Waals surface area contributed by atoms with Crippen molar-refractivity contribution in [3.63, 3.8) is 0 Å². The Morgan fingerprint density at radius 1 is 0.723 bits per heavy atom. The molecule has 3 saturated heterocycles. The second-order valence-corrected chi connectivity index (χ2v) is 23.5. The minimum atomic E-state index is -1.88. The van der Waals surface area contributed by atoms with Crippen molar-refractivity contribution in [3.05, 3.63) is 11.6 Å². The van der Waals surface area contributed by atoms with E-state index in [4.69, 9.17) is 33.2 Å². The van der Waals surface area contributed by atoms with Crippen molar-refractivity contribution in [2.45, 2.75) is 211 Å². The molecule has 23 atom stereocenters. The first-order chi connectivity index (χ1) is 30.3. The van der Waals surface area contributed by atoms with Gasteiger partial charge in [0.15, 0.2) is 25.0 Å². The van der Waals surface area contributed by atoms with E-state index < -0.39 is 116 Å². The SMILES string of the molecule is COC(=O)[C@H]1O[C@@H](O[C@H]2[C@@H](O)C[C@]3(C)[C@H]4CC=C5[C@@H]6CC(C)(C)CC[C@]6(CO)CC[C@@]5(C)[C@]4(C)CC[C@H]3C2(C)C)[C@H](O[C@@H]2OC[C@@H](O[C@@H]3O[C@@H](C)[C@H](O)[C@@H](O)[C@H]3O)[C@H](O)[C@H]2O)[C@@H](O)[C@@H]1O. The number of aliphatic hydroxyl groups excluding tert-OH is 9. The first kappa shape index (κ1) is 50.0. The normalized spacial score (nSPS) is 53.9. The number of methoxy groups -OCH3 is 1. The van der Waals surface area contributed by atoms with E-state index in [-0.39, 0.29) is 45.5 Å². The molecule has 0 radical (unpaired) electrons. The Bertz CT molecular complexity index is 1780. The molecule has 5 aliphatic carbocycles. The molecule has 0 spiro atoms. The Morgan fingerprint density at radius 3 is 2.08 bits per heavy atom. The fourth-order valence-electron chi connectivity index (χ4n) is 15.0. The standard InChI is InChI=1S/C48H78O17/c1-22-29(51)31(53)35(57)41(61-22)62-26-20-60-40(34(56)30(26)52)64-37-33(55)32(54)36(39(58)59-9)63-42(37)65-38-25(50)19-45(6)27(44(38,4)5)12-13-47(8)28(45)11-10-23-24-18-43(2,3)14-16-48(24,21-49)17-15-46(23,47)7/h10,22,24-38,40-42,49-57H,11-21H2,1-9H3/t22-,24-,25-,26+,27-,28+,29-,30-,31+,32-,33-,34+,35+,36-,37+,38-,40-,41-,42-,45-,46+,47+,48+/m0/s1. The molecule has 372 valence electrons. The monoisotopic (exact) mass is 927 g/mol. The third-order valence-electron chi connectivity index (χ3n) is 19.1. The number of carbonyl (C=O) groups excluding carboxylic acids is 1. The van der Waals surface area contributed by atoms with Gasteiger partial charge >= 0.3 is 5.97 Å². The predicted molar refractivity (Wildman–Crippen MR) is 229 cm³/mol. The van der Waals surface area contributed by atoms with Crippen LogP contribution in [0.15, 0.2) is 11.6 Å². The van der Waals surface area contributed by atoms with Gasteiger partial charge in [-0.2, -0.15) is 0 Å². The zero-order valence-corrected chi connectivity index (χ0v) is 39.6. The summed E-state index contributed by atoms with van der Waals surface area (Å²) < 4.78 is 40.8. The highest BCUT2D eigenvalue weighted by molar-refractivity contribution is 5.75. The molecular weight excluding hydrogens is 849 g/mol. The Balaban J connectivity index is 1.02. The van der Waals surface area contributed by atoms with Crippen LogP contribution in [0, 0.1) is 50.2 Å². The largest absolute Gasteiger partial charge is 0.467 e. The number of fused-ring (bicyclic) bond motifs is 7. The summed E-state index contributed by atoms with van der Waals surface area (Å²) >= 11 is 0. The zero-order valence-electron chi connectivity index (χ0n) is 39.6. The minimum absolute atomic E-state index is 0.0539. The van der Waals surface area contributed by atoms with Crippen LogP contribution in [0.1, 0.15) is 113 Å². The molecule has 7 fully saturated rings. The van der Waals surface area contributed by atoms with Gasteiger partial charge in [-0.3, -0.25) is 0 Å². The number of carbonyl (C=O) groups is 1. The fourth-order valence-corrected chi connectivity index (χ4v) is 15.0. The van der Waals surface area contributed by atoms with Crippen LogP contribution in [0.5, 0.6) is 0 Å². The number of rotatable bonds is 8. The summed E-state index contributed by atoms with van der Waals surface area (Å²) in [6.07, 6.45) is -13.5. The zero-order chi connectivity index (χ0) is 47.6. The fraction of sp³-hybridized carbons (Fsp3) is 0.938. The van der Waals surface area contributed by atoms with Gasteiger partial charge in [0.25, 0.3) is 0 Å². The molecule has 65 heavy (non-hydrogen) atoms. The quantitative estimate of drug-likeness (QED) is 0.0948. The molecule has 3 aliphatic heterocycles. The van der Waals surface area contributed by atoms with E-state index >= 15 is 0 Å². The van der Waals surface area contributed by atoms with Crippen molar-refractivity contribution in [1.29, 1.82) is 0 Å². The molecular formula is C48H78O17. The van der Waals surface area contributed by atoms with E-state index in [1.807, 2.05) is 0 Å². The van der Waals surface area contributed by atoms with Crippen molar-refractivity contribution in [1.82, 2.24) is 0 Å². The number of aliphatic hydroxyl groups is 9. The van der Waals surface area contributed by atoms with Crippen molar-refractivity contribution in [2.24, 2.45) is 50.2 Å². The van der Waals surface area contributed by atoms with E-state index in [2.05, 4.69) is 54.5 Å². The van der Waals surface area contributed by atoms with Crippen molar-refractivity contribution < 1.29 is 83.9 Å². The number of hydrogen-bond acceptors (Lipinski definition) is 17. The molecule has 3 heterocycles. The summed E-state index contributed by atoms with van der Waals surface area (Å²) in [5, 5.41) is 99.4. The van der Waals surface area contributed by atoms with E-state index in [9.17, 15) is 50.8 Å². The van der Waals surface area contributed by atoms with Crippen LogP contribution in [-0.4, -0.2) is 170 Å². The van der Waals surface area contributed by atoms with Gasteiger partial charge in [0, 0.05) is 12.0 Å². The number of esters is 1. The Kier molecular flexibility index (Phi) is 13.4. The molecule has 8 rings (SSSR count). The second-order valence-electron chi connectivity index (χ2n) is 23.5. The van der Waals surface area contributed by atoms with Crippen LogP contribution in [0.25, 0.3) is 0 Å². The van der Waals surface area contributed by atoms with E-state index in [1.54, 1.807) is 0 Å². The maximum absolute atomic E-state index is 12.9. The smallest absolute Gasteiger partial charge is 0.337 e. The lowest BCUT2D eigenvalue weighted by Gasteiger charge is -2.72. The molecule has 8 aliphatic rings. The lowest BCUT2D eigenvalue weighted by molar-refractivity contribution is -0.379. The molecule has 0 aromatic rings. The third-order valence-corrected chi connectivity index (χ3v) is 19.1. The molecule has 0 unspecified atom stereocenters. The van der Waals surface area contributed by atoms with Gasteiger partial charge in [-0.1, -0.05) is 60.1 Å². The Hall–Kier alpha value is -1.39. The predicted octanol–water partition coefficient (Wildman–Crippen LogP) is 1.43. The maximum atomic E-state index is 12.9. The van der Waals surface area contributed by atoms with Crippen LogP contribution in [0.2, 0.25) is 0 Å². The Morgan fingerprint density at radius 2 is 1.40 bits per heavy atom. The lowest BCUT2D eigenvalue weighted by Crippen LogP contribution is -2.69. The van der Waals surface area contributed by atoms with E-state index in [0.717, 1.165) is 58.5 Å². The topological polar surface area (TPSA) is 264 Å². The number of hydrogen-bond donors (Lipinski definition) is 9.